The molecule has 4 aromatic carbocycles. The monoisotopic (exact) mass is 765 g/mol. The second-order valence-corrected chi connectivity index (χ2v) is 14.4. The molecule has 2 aliphatic heterocycles. The van der Waals surface area contributed by atoms with Crippen molar-refractivity contribution >= 4 is 33.2 Å². The fourth-order valence-corrected chi connectivity index (χ4v) is 7.97. The van der Waals surface area contributed by atoms with E-state index < -0.39 is 0 Å². The summed E-state index contributed by atoms with van der Waals surface area (Å²) in [4.78, 5) is 22.4. The van der Waals surface area contributed by atoms with Gasteiger partial charge in [0.1, 0.15) is 24.0 Å². The summed E-state index contributed by atoms with van der Waals surface area (Å²) in [7, 11) is 6.35. The summed E-state index contributed by atoms with van der Waals surface area (Å²) < 4.78 is 35.9. The first-order chi connectivity index (χ1) is 26.9. The molecule has 1 unspecified atom stereocenters. The van der Waals surface area contributed by atoms with E-state index in [-0.39, 0.29) is 11.9 Å². The fraction of sp³-hybridized carbons (Fsp3) is 0.357. The predicted octanol–water partition coefficient (Wildman–Crippen LogP) is 6.77. The van der Waals surface area contributed by atoms with Crippen LogP contribution in [0.15, 0.2) is 84.0 Å². The number of nitrogens with zero attached hydrogens (tertiary/aromatic N) is 5. The molecule has 0 bridgehead atoms. The van der Waals surface area contributed by atoms with Gasteiger partial charge in [-0.05, 0) is 66.2 Å². The molecule has 5 aromatic rings. The fourth-order valence-electron chi connectivity index (χ4n) is 7.00. The van der Waals surface area contributed by atoms with Crippen LogP contribution in [0, 0.1) is 0 Å². The molecule has 0 radical (unpaired) electrons. The molecule has 7 rings (SSSR count). The smallest absolute Gasteiger partial charge is 0.240 e. The third-order valence-electron chi connectivity index (χ3n) is 10.0. The van der Waals surface area contributed by atoms with Gasteiger partial charge in [0.05, 0.1) is 50.4 Å². The third kappa shape index (κ3) is 8.64. The van der Waals surface area contributed by atoms with Crippen LogP contribution in [0.4, 0.5) is 0 Å². The minimum absolute atomic E-state index is 0.161. The van der Waals surface area contributed by atoms with Crippen molar-refractivity contribution in [1.82, 2.24) is 19.8 Å². The highest BCUT2D eigenvalue weighted by Gasteiger charge is 2.33. The van der Waals surface area contributed by atoms with E-state index >= 15 is 0 Å². The van der Waals surface area contributed by atoms with Gasteiger partial charge in [-0.3, -0.25) is 14.6 Å². The number of para-hydroxylation sites is 1. The molecule has 1 atom stereocenters. The number of amides is 1. The summed E-state index contributed by atoms with van der Waals surface area (Å²) in [5.74, 6) is 3.52. The molecule has 1 fully saturated rings. The number of hydrogen-bond acceptors (Lipinski definition) is 12. The van der Waals surface area contributed by atoms with Gasteiger partial charge in [-0.1, -0.05) is 18.2 Å². The lowest BCUT2D eigenvalue weighted by atomic mass is 9.97. The number of benzene rings is 4. The van der Waals surface area contributed by atoms with Crippen LogP contribution in [0.5, 0.6) is 34.5 Å². The van der Waals surface area contributed by atoms with Crippen LogP contribution in [-0.4, -0.2) is 112 Å². The minimum atomic E-state index is -0.319. The molecule has 3 heterocycles. The zero-order valence-corrected chi connectivity index (χ0v) is 32.8. The number of carbonyl (C=O) groups excluding carboxylic acids is 1. The molecule has 0 spiro atoms. The highest BCUT2D eigenvalue weighted by molar-refractivity contribution is 7.21. The zero-order chi connectivity index (χ0) is 38.3. The molecule has 0 aliphatic carbocycles. The highest BCUT2D eigenvalue weighted by Crippen LogP contribution is 2.42. The number of fused-ring (bicyclic) bond motifs is 1. The summed E-state index contributed by atoms with van der Waals surface area (Å²) in [5.41, 5.74) is 4.55. The lowest BCUT2D eigenvalue weighted by Gasteiger charge is -2.34. The summed E-state index contributed by atoms with van der Waals surface area (Å²) in [6.07, 6.45) is 0.497. The van der Waals surface area contributed by atoms with Gasteiger partial charge in [0.15, 0.2) is 23.0 Å². The number of hydrogen-bond donors (Lipinski definition) is 0. The minimum Gasteiger partial charge on any atom is -0.493 e. The molecule has 1 aromatic heterocycles. The van der Waals surface area contributed by atoms with E-state index in [1.165, 1.54) is 16.6 Å². The third-order valence-corrected chi connectivity index (χ3v) is 11.1. The molecule has 288 valence electrons. The largest absolute Gasteiger partial charge is 0.493 e. The van der Waals surface area contributed by atoms with E-state index in [9.17, 15) is 4.79 Å². The van der Waals surface area contributed by atoms with Gasteiger partial charge in [-0.15, -0.1) is 11.3 Å². The van der Waals surface area contributed by atoms with Gasteiger partial charge in [0, 0.05) is 63.7 Å². The lowest BCUT2D eigenvalue weighted by molar-refractivity contribution is -0.130. The van der Waals surface area contributed by atoms with E-state index in [0.717, 1.165) is 77.9 Å². The number of thiazole rings is 1. The second kappa shape index (κ2) is 17.4. The Morgan fingerprint density at radius 3 is 2.00 bits per heavy atom. The number of piperazine rings is 1. The molecular weight excluding hydrogens is 719 g/mol. The number of hydrazone groups is 1. The summed E-state index contributed by atoms with van der Waals surface area (Å²) in [6, 6.07) is 25.6. The Kier molecular flexibility index (Phi) is 12.0. The summed E-state index contributed by atoms with van der Waals surface area (Å²) >= 11 is 1.71. The van der Waals surface area contributed by atoms with Gasteiger partial charge in [0.25, 0.3) is 0 Å². The van der Waals surface area contributed by atoms with Crippen LogP contribution in [0.2, 0.25) is 0 Å². The van der Waals surface area contributed by atoms with Crippen LogP contribution in [0.1, 0.15) is 30.5 Å². The quantitative estimate of drug-likeness (QED) is 0.113. The molecule has 55 heavy (non-hydrogen) atoms. The summed E-state index contributed by atoms with van der Waals surface area (Å²) in [5, 5.41) is 7.28. The van der Waals surface area contributed by atoms with Gasteiger partial charge >= 0.3 is 0 Å². The van der Waals surface area contributed by atoms with Crippen LogP contribution >= 0.6 is 11.3 Å². The molecule has 0 N–H and O–H groups in total. The molecule has 2 aliphatic rings. The van der Waals surface area contributed by atoms with Crippen LogP contribution in [-0.2, 0) is 4.79 Å². The first-order valence-electron chi connectivity index (χ1n) is 18.4. The maximum absolute atomic E-state index is 12.8. The maximum Gasteiger partial charge on any atom is 0.240 e. The van der Waals surface area contributed by atoms with E-state index in [2.05, 4.69) is 28.0 Å². The molecule has 13 heteroatoms. The Balaban J connectivity index is 0.889. The number of aromatic nitrogens is 1. The second-order valence-electron chi connectivity index (χ2n) is 13.3. The predicted molar refractivity (Wildman–Crippen MR) is 214 cm³/mol. The number of rotatable bonds is 15. The van der Waals surface area contributed by atoms with Crippen LogP contribution in [0.25, 0.3) is 20.8 Å². The SMILES string of the molecule is COc1ccc(C2CC(c3cc(OC)c(OC)c(OC)c3)=NN2C(C)=O)cc1OCCN1CCN(CCOc2ccc(-c3nc4ccccc4s3)cc2)CC1. The van der Waals surface area contributed by atoms with Gasteiger partial charge in [-0.25, -0.2) is 9.99 Å². The Morgan fingerprint density at radius 1 is 0.727 bits per heavy atom. The molecule has 12 nitrogen and oxygen atoms in total. The van der Waals surface area contributed by atoms with Crippen molar-refractivity contribution in [2.24, 2.45) is 5.10 Å². The number of ether oxygens (including phenoxy) is 6. The normalized spacial score (nSPS) is 16.2. The number of methoxy groups -OCH3 is 4. The van der Waals surface area contributed by atoms with Gasteiger partial charge in [0.2, 0.25) is 11.7 Å². The molecule has 0 saturated carbocycles. The van der Waals surface area contributed by atoms with Crippen molar-refractivity contribution in [1.29, 1.82) is 0 Å². The van der Waals surface area contributed by atoms with Crippen molar-refractivity contribution in [3.8, 4) is 45.1 Å². The summed E-state index contributed by atoms with van der Waals surface area (Å²) in [6.45, 7) is 8.16. The van der Waals surface area contributed by atoms with E-state index in [1.807, 2.05) is 60.7 Å². The molecular formula is C42H47N5O7S. The average Bonchev–Trinajstić information content (AvgIpc) is 3.87. The van der Waals surface area contributed by atoms with E-state index in [0.29, 0.717) is 48.4 Å². The lowest BCUT2D eigenvalue weighted by Crippen LogP contribution is -2.48. The Hall–Kier alpha value is -5.37. The van der Waals surface area contributed by atoms with Gasteiger partial charge in [-0.2, -0.15) is 5.10 Å². The first kappa shape index (κ1) is 37.9. The highest BCUT2D eigenvalue weighted by atomic mass is 32.1. The first-order valence-corrected chi connectivity index (χ1v) is 19.2. The Morgan fingerprint density at radius 2 is 1.38 bits per heavy atom. The standard InChI is InChI=1S/C42H47N5O7S/c1-28(48)47-35(27-34(44-47)31-25-38(50-3)41(52-5)39(26-31)51-4)30-12-15-36(49-2)37(24-30)54-23-21-46-18-16-45(17-19-46)20-22-53-32-13-10-29(11-14-32)42-43-33-8-6-7-9-40(33)55-42/h6-15,24-26,35H,16-23,27H2,1-5H3. The van der Waals surface area contributed by atoms with Crippen molar-refractivity contribution in [2.45, 2.75) is 19.4 Å². The van der Waals surface area contributed by atoms with Crippen LogP contribution in [0.3, 0.4) is 0 Å². The van der Waals surface area contributed by atoms with Crippen molar-refractivity contribution < 1.29 is 33.2 Å². The van der Waals surface area contributed by atoms with E-state index in [1.54, 1.807) is 39.8 Å². The van der Waals surface area contributed by atoms with Crippen molar-refractivity contribution in [3.63, 3.8) is 0 Å². The van der Waals surface area contributed by atoms with Crippen molar-refractivity contribution in [3.05, 3.63) is 90.0 Å². The van der Waals surface area contributed by atoms with E-state index in [4.69, 9.17) is 38.5 Å². The average molecular weight is 766 g/mol. The van der Waals surface area contributed by atoms with Gasteiger partial charge < -0.3 is 28.4 Å². The zero-order valence-electron chi connectivity index (χ0n) is 31.9. The molecule has 1 saturated heterocycles. The maximum atomic E-state index is 12.8. The Bertz CT molecular complexity index is 2070. The topological polar surface area (TPSA) is 107 Å². The Labute approximate surface area is 325 Å². The molecule has 1 amide bonds. The number of carbonyl (C=O) groups is 1. The van der Waals surface area contributed by atoms with Crippen molar-refractivity contribution in [2.75, 3.05) is 80.9 Å². The van der Waals surface area contributed by atoms with Crippen LogP contribution < -0.4 is 28.4 Å².